The van der Waals surface area contributed by atoms with Gasteiger partial charge in [-0.1, -0.05) is 18.5 Å². The van der Waals surface area contributed by atoms with E-state index in [4.69, 9.17) is 11.6 Å². The Kier molecular flexibility index (Phi) is 4.19. The summed E-state index contributed by atoms with van der Waals surface area (Å²) in [6.07, 6.45) is 2.49. The summed E-state index contributed by atoms with van der Waals surface area (Å²) in [6, 6.07) is 1.75. The van der Waals surface area contributed by atoms with Crippen LogP contribution in [0.4, 0.5) is 5.69 Å². The molecular weight excluding hydrogens is 250 g/mol. The van der Waals surface area contributed by atoms with E-state index < -0.39 is 0 Å². The van der Waals surface area contributed by atoms with E-state index in [-0.39, 0.29) is 11.8 Å². The van der Waals surface area contributed by atoms with Crippen LogP contribution in [0.1, 0.15) is 18.9 Å². The first-order valence-corrected chi connectivity index (χ1v) is 6.59. The molecule has 0 aliphatic carbocycles. The van der Waals surface area contributed by atoms with Crippen LogP contribution in [0.3, 0.4) is 0 Å². The highest BCUT2D eigenvalue weighted by atomic mass is 35.5. The predicted molar refractivity (Wildman–Crippen MR) is 72.8 cm³/mol. The van der Waals surface area contributed by atoms with Crippen LogP contribution in [0, 0.1) is 18.8 Å². The minimum Gasteiger partial charge on any atom is -0.324 e. The molecule has 1 aliphatic rings. The molecule has 1 saturated heterocycles. The maximum atomic E-state index is 12.2. The van der Waals surface area contributed by atoms with Crippen molar-refractivity contribution < 1.29 is 4.79 Å². The molecule has 5 heteroatoms. The van der Waals surface area contributed by atoms with Gasteiger partial charge in [0, 0.05) is 5.92 Å². The maximum absolute atomic E-state index is 12.2. The Labute approximate surface area is 112 Å². The first-order chi connectivity index (χ1) is 8.58. The zero-order valence-electron chi connectivity index (χ0n) is 10.7. The maximum Gasteiger partial charge on any atom is 0.227 e. The molecule has 2 N–H and O–H groups in total. The molecule has 2 atom stereocenters. The van der Waals surface area contributed by atoms with E-state index in [1.807, 2.05) is 6.92 Å². The number of aryl methyl sites for hydroxylation is 1. The molecule has 0 bridgehead atoms. The smallest absolute Gasteiger partial charge is 0.227 e. The lowest BCUT2D eigenvalue weighted by atomic mass is 9.87. The summed E-state index contributed by atoms with van der Waals surface area (Å²) in [5.74, 6) is 0.511. The fourth-order valence-corrected chi connectivity index (χ4v) is 2.49. The number of piperidine rings is 1. The molecule has 0 saturated carbocycles. The van der Waals surface area contributed by atoms with Crippen LogP contribution in [-0.2, 0) is 4.79 Å². The second kappa shape index (κ2) is 5.67. The van der Waals surface area contributed by atoms with Gasteiger partial charge in [0.1, 0.15) is 5.15 Å². The van der Waals surface area contributed by atoms with E-state index in [0.717, 1.165) is 30.8 Å². The minimum absolute atomic E-state index is 0.0707. The summed E-state index contributed by atoms with van der Waals surface area (Å²) < 4.78 is 0. The normalized spacial score (nSPS) is 23.7. The first-order valence-electron chi connectivity index (χ1n) is 6.21. The molecule has 4 nitrogen and oxygen atoms in total. The number of pyridine rings is 1. The predicted octanol–water partition coefficient (Wildman–Crippen LogP) is 2.23. The average molecular weight is 268 g/mol. The second-order valence-corrected chi connectivity index (χ2v) is 5.28. The van der Waals surface area contributed by atoms with Gasteiger partial charge in [-0.05, 0) is 44.0 Å². The summed E-state index contributed by atoms with van der Waals surface area (Å²) in [4.78, 5) is 16.2. The Morgan fingerprint density at radius 1 is 1.61 bits per heavy atom. The highest BCUT2D eigenvalue weighted by molar-refractivity contribution is 6.29. The van der Waals surface area contributed by atoms with E-state index in [1.54, 1.807) is 12.3 Å². The van der Waals surface area contributed by atoms with Gasteiger partial charge in [-0.2, -0.15) is 0 Å². The van der Waals surface area contributed by atoms with Gasteiger partial charge in [0.05, 0.1) is 11.9 Å². The molecule has 2 unspecified atom stereocenters. The SMILES string of the molecule is Cc1cc(Cl)ncc1NC(=O)C1CCNCC1C. The van der Waals surface area contributed by atoms with Gasteiger partial charge >= 0.3 is 0 Å². The quantitative estimate of drug-likeness (QED) is 0.808. The standard InChI is InChI=1S/C13H18ClN3O/c1-8-5-12(14)16-7-11(8)17-13(18)10-3-4-15-6-9(10)2/h5,7,9-10,15H,3-4,6H2,1-2H3,(H,17,18). The van der Waals surface area contributed by atoms with Crippen molar-refractivity contribution in [3.63, 3.8) is 0 Å². The van der Waals surface area contributed by atoms with E-state index in [2.05, 4.69) is 22.5 Å². The zero-order valence-corrected chi connectivity index (χ0v) is 11.4. The summed E-state index contributed by atoms with van der Waals surface area (Å²) in [7, 11) is 0. The van der Waals surface area contributed by atoms with Crippen LogP contribution >= 0.6 is 11.6 Å². The van der Waals surface area contributed by atoms with Crippen LogP contribution in [0.2, 0.25) is 5.15 Å². The molecule has 1 amide bonds. The van der Waals surface area contributed by atoms with Crippen molar-refractivity contribution in [1.29, 1.82) is 0 Å². The average Bonchev–Trinajstić information content (AvgIpc) is 2.33. The molecule has 1 aromatic heterocycles. The Morgan fingerprint density at radius 2 is 2.39 bits per heavy atom. The van der Waals surface area contributed by atoms with Crippen molar-refractivity contribution in [1.82, 2.24) is 10.3 Å². The van der Waals surface area contributed by atoms with Crippen molar-refractivity contribution >= 4 is 23.2 Å². The molecule has 0 aromatic carbocycles. The third-order valence-electron chi connectivity index (χ3n) is 3.46. The first kappa shape index (κ1) is 13.3. The molecule has 0 radical (unpaired) electrons. The Hall–Kier alpha value is -1.13. The largest absolute Gasteiger partial charge is 0.324 e. The van der Waals surface area contributed by atoms with Gasteiger partial charge in [-0.25, -0.2) is 4.98 Å². The topological polar surface area (TPSA) is 54.0 Å². The zero-order chi connectivity index (χ0) is 13.1. The fourth-order valence-electron chi connectivity index (χ4n) is 2.28. The van der Waals surface area contributed by atoms with Crippen LogP contribution in [0.25, 0.3) is 0 Å². The van der Waals surface area contributed by atoms with Crippen molar-refractivity contribution in [3.05, 3.63) is 23.0 Å². The summed E-state index contributed by atoms with van der Waals surface area (Å²) in [5, 5.41) is 6.69. The number of halogens is 1. The molecular formula is C13H18ClN3O. The number of hydrogen-bond donors (Lipinski definition) is 2. The molecule has 1 aromatic rings. The van der Waals surface area contributed by atoms with Crippen molar-refractivity contribution in [2.24, 2.45) is 11.8 Å². The number of aromatic nitrogens is 1. The second-order valence-electron chi connectivity index (χ2n) is 4.89. The Bertz CT molecular complexity index is 450. The van der Waals surface area contributed by atoms with Crippen LogP contribution in [0.15, 0.2) is 12.3 Å². The highest BCUT2D eigenvalue weighted by Gasteiger charge is 2.27. The summed E-state index contributed by atoms with van der Waals surface area (Å²) in [5.41, 5.74) is 1.68. The number of hydrogen-bond acceptors (Lipinski definition) is 3. The lowest BCUT2D eigenvalue weighted by molar-refractivity contribution is -0.122. The monoisotopic (exact) mass is 267 g/mol. The lowest BCUT2D eigenvalue weighted by Gasteiger charge is -2.28. The Morgan fingerprint density at radius 3 is 3.06 bits per heavy atom. The van der Waals surface area contributed by atoms with Crippen molar-refractivity contribution in [3.8, 4) is 0 Å². The number of anilines is 1. The number of carbonyl (C=O) groups excluding carboxylic acids is 1. The molecule has 98 valence electrons. The van der Waals surface area contributed by atoms with Crippen LogP contribution in [0.5, 0.6) is 0 Å². The van der Waals surface area contributed by atoms with Gasteiger partial charge in [-0.15, -0.1) is 0 Å². The summed E-state index contributed by atoms with van der Waals surface area (Å²) >= 11 is 5.79. The van der Waals surface area contributed by atoms with E-state index >= 15 is 0 Å². The van der Waals surface area contributed by atoms with Crippen molar-refractivity contribution in [2.45, 2.75) is 20.3 Å². The van der Waals surface area contributed by atoms with Gasteiger partial charge in [-0.3, -0.25) is 4.79 Å². The number of nitrogens with zero attached hydrogens (tertiary/aromatic N) is 1. The molecule has 1 aliphatic heterocycles. The van der Waals surface area contributed by atoms with Gasteiger partial charge in [0.2, 0.25) is 5.91 Å². The summed E-state index contributed by atoms with van der Waals surface area (Å²) in [6.45, 7) is 5.81. The van der Waals surface area contributed by atoms with Crippen molar-refractivity contribution in [2.75, 3.05) is 18.4 Å². The molecule has 2 rings (SSSR count). The van der Waals surface area contributed by atoms with Crippen LogP contribution in [-0.4, -0.2) is 24.0 Å². The van der Waals surface area contributed by atoms with Gasteiger partial charge in [0.15, 0.2) is 0 Å². The fraction of sp³-hybridized carbons (Fsp3) is 0.538. The minimum atomic E-state index is 0.0707. The molecule has 0 spiro atoms. The van der Waals surface area contributed by atoms with Gasteiger partial charge < -0.3 is 10.6 Å². The van der Waals surface area contributed by atoms with E-state index in [1.165, 1.54) is 0 Å². The third-order valence-corrected chi connectivity index (χ3v) is 3.66. The third kappa shape index (κ3) is 3.00. The highest BCUT2D eigenvalue weighted by Crippen LogP contribution is 2.22. The molecule has 1 fully saturated rings. The van der Waals surface area contributed by atoms with Crippen LogP contribution < -0.4 is 10.6 Å². The Balaban J connectivity index is 2.06. The van der Waals surface area contributed by atoms with Gasteiger partial charge in [0.25, 0.3) is 0 Å². The van der Waals surface area contributed by atoms with E-state index in [0.29, 0.717) is 11.1 Å². The van der Waals surface area contributed by atoms with E-state index in [9.17, 15) is 4.79 Å². The molecule has 18 heavy (non-hydrogen) atoms. The number of carbonyl (C=O) groups is 1. The number of amides is 1. The number of nitrogens with one attached hydrogen (secondary N) is 2. The lowest BCUT2D eigenvalue weighted by Crippen LogP contribution is -2.41. The number of rotatable bonds is 2. The molecule has 2 heterocycles.